The summed E-state index contributed by atoms with van der Waals surface area (Å²) in [4.78, 5) is 8.92. The van der Waals surface area contributed by atoms with Gasteiger partial charge >= 0.3 is 0 Å². The van der Waals surface area contributed by atoms with Crippen molar-refractivity contribution >= 4 is 11.0 Å². The van der Waals surface area contributed by atoms with Crippen LogP contribution in [0.2, 0.25) is 0 Å². The van der Waals surface area contributed by atoms with E-state index in [0.717, 1.165) is 34.5 Å². The molecule has 120 valence electrons. The Bertz CT molecular complexity index is 979. The molecule has 0 fully saturated rings. The number of nitrogens with zero attached hydrogens (tertiary/aromatic N) is 4. The molecule has 0 bridgehead atoms. The Hall–Kier alpha value is -2.92. The predicted octanol–water partition coefficient (Wildman–Crippen LogP) is 2.93. The lowest BCUT2D eigenvalue weighted by molar-refractivity contribution is 0.945. The van der Waals surface area contributed by atoms with Gasteiger partial charge in [-0.2, -0.15) is 0 Å². The molecule has 0 saturated carbocycles. The molecule has 0 aliphatic heterocycles. The number of rotatable bonds is 4. The number of aromatic nitrogens is 4. The van der Waals surface area contributed by atoms with Crippen LogP contribution >= 0.6 is 0 Å². The van der Waals surface area contributed by atoms with Crippen LogP contribution in [0.4, 0.5) is 0 Å². The number of fused-ring (bicyclic) bond motifs is 1. The zero-order valence-corrected chi connectivity index (χ0v) is 13.6. The molecular formula is C19H19N5. The molecule has 0 aliphatic rings. The van der Waals surface area contributed by atoms with Gasteiger partial charge in [0, 0.05) is 30.7 Å². The van der Waals surface area contributed by atoms with Gasteiger partial charge in [-0.25, -0.2) is 9.97 Å². The molecule has 5 nitrogen and oxygen atoms in total. The molecule has 0 spiro atoms. The number of hydrogen-bond donors (Lipinski definition) is 1. The minimum Gasteiger partial charge on any atom is -0.334 e. The first-order valence-electron chi connectivity index (χ1n) is 8.00. The quantitative estimate of drug-likeness (QED) is 0.629. The molecule has 4 aromatic rings. The molecule has 0 atom stereocenters. The summed E-state index contributed by atoms with van der Waals surface area (Å²) in [5.74, 6) is 0.927. The Morgan fingerprint density at radius 3 is 2.67 bits per heavy atom. The highest BCUT2D eigenvalue weighted by molar-refractivity contribution is 5.78. The third-order valence-corrected chi connectivity index (χ3v) is 4.27. The zero-order chi connectivity index (χ0) is 16.5. The van der Waals surface area contributed by atoms with Crippen molar-refractivity contribution in [2.45, 2.75) is 6.42 Å². The first kappa shape index (κ1) is 14.7. The molecule has 0 saturated heterocycles. The highest BCUT2D eigenvalue weighted by atomic mass is 15.1. The van der Waals surface area contributed by atoms with Gasteiger partial charge in [-0.05, 0) is 36.7 Å². The van der Waals surface area contributed by atoms with Crippen LogP contribution in [-0.2, 0) is 13.5 Å². The largest absolute Gasteiger partial charge is 0.334 e. The van der Waals surface area contributed by atoms with Gasteiger partial charge in [0.05, 0.1) is 17.4 Å². The van der Waals surface area contributed by atoms with E-state index < -0.39 is 0 Å². The van der Waals surface area contributed by atoms with Crippen LogP contribution in [0, 0.1) is 0 Å². The average molecular weight is 317 g/mol. The summed E-state index contributed by atoms with van der Waals surface area (Å²) < 4.78 is 4.13. The second-order valence-corrected chi connectivity index (χ2v) is 5.88. The predicted molar refractivity (Wildman–Crippen MR) is 96.0 cm³/mol. The van der Waals surface area contributed by atoms with Crippen molar-refractivity contribution in [1.29, 1.82) is 0 Å². The van der Waals surface area contributed by atoms with E-state index in [2.05, 4.69) is 50.9 Å². The summed E-state index contributed by atoms with van der Waals surface area (Å²) >= 11 is 0. The second-order valence-electron chi connectivity index (χ2n) is 5.88. The monoisotopic (exact) mass is 317 g/mol. The third kappa shape index (κ3) is 2.49. The van der Waals surface area contributed by atoms with Crippen LogP contribution in [0.3, 0.4) is 0 Å². The average Bonchev–Trinajstić information content (AvgIpc) is 3.23. The lowest BCUT2D eigenvalue weighted by atomic mass is 10.1. The maximum absolute atomic E-state index is 5.62. The van der Waals surface area contributed by atoms with Crippen molar-refractivity contribution in [1.82, 2.24) is 19.1 Å². The molecule has 0 radical (unpaired) electrons. The number of hydrogen-bond acceptors (Lipinski definition) is 3. The third-order valence-electron chi connectivity index (χ3n) is 4.27. The van der Waals surface area contributed by atoms with E-state index in [4.69, 9.17) is 5.73 Å². The van der Waals surface area contributed by atoms with Crippen molar-refractivity contribution in [2.24, 2.45) is 12.8 Å². The van der Waals surface area contributed by atoms with Crippen LogP contribution < -0.4 is 5.73 Å². The van der Waals surface area contributed by atoms with Crippen molar-refractivity contribution in [3.63, 3.8) is 0 Å². The highest BCUT2D eigenvalue weighted by Gasteiger charge is 2.09. The fourth-order valence-corrected chi connectivity index (χ4v) is 2.98. The number of aryl methyl sites for hydroxylation is 1. The summed E-state index contributed by atoms with van der Waals surface area (Å²) in [5, 5.41) is 0. The fraction of sp³-hybridized carbons (Fsp3) is 0.158. The van der Waals surface area contributed by atoms with E-state index >= 15 is 0 Å². The number of nitrogens with two attached hydrogens (primary N) is 1. The summed E-state index contributed by atoms with van der Waals surface area (Å²) in [7, 11) is 2.00. The maximum Gasteiger partial charge on any atom is 0.144 e. The topological polar surface area (TPSA) is 61.7 Å². The zero-order valence-electron chi connectivity index (χ0n) is 13.6. The Morgan fingerprint density at radius 2 is 1.88 bits per heavy atom. The molecular weight excluding hydrogens is 298 g/mol. The normalized spacial score (nSPS) is 11.2. The first-order valence-corrected chi connectivity index (χ1v) is 8.00. The van der Waals surface area contributed by atoms with Crippen LogP contribution in [0.5, 0.6) is 0 Å². The van der Waals surface area contributed by atoms with E-state index in [9.17, 15) is 0 Å². The second kappa shape index (κ2) is 5.94. The Morgan fingerprint density at radius 1 is 1.04 bits per heavy atom. The van der Waals surface area contributed by atoms with Crippen molar-refractivity contribution < 1.29 is 0 Å². The summed E-state index contributed by atoms with van der Waals surface area (Å²) in [6.07, 6.45) is 6.54. The molecule has 2 heterocycles. The van der Waals surface area contributed by atoms with Crippen LogP contribution in [-0.4, -0.2) is 25.6 Å². The Balaban J connectivity index is 1.76. The molecule has 5 heteroatoms. The Kier molecular flexibility index (Phi) is 3.63. The SMILES string of the molecule is Cn1cnc2ccc(-n3ccnc3-c3ccc(CCN)cc3)cc21. The minimum atomic E-state index is 0.665. The van der Waals surface area contributed by atoms with Gasteiger partial charge in [-0.1, -0.05) is 24.3 Å². The van der Waals surface area contributed by atoms with Crippen molar-refractivity contribution in [3.8, 4) is 17.1 Å². The lowest BCUT2D eigenvalue weighted by Crippen LogP contribution is -2.02. The minimum absolute atomic E-state index is 0.665. The van der Waals surface area contributed by atoms with Gasteiger partial charge < -0.3 is 10.3 Å². The number of imidazole rings is 2. The molecule has 0 aliphatic carbocycles. The molecule has 2 aromatic carbocycles. The molecule has 24 heavy (non-hydrogen) atoms. The van der Waals surface area contributed by atoms with Gasteiger partial charge in [-0.3, -0.25) is 4.57 Å². The lowest BCUT2D eigenvalue weighted by Gasteiger charge is -2.09. The van der Waals surface area contributed by atoms with Gasteiger partial charge in [0.15, 0.2) is 0 Å². The van der Waals surface area contributed by atoms with Crippen LogP contribution in [0.25, 0.3) is 28.1 Å². The molecule has 0 unspecified atom stereocenters. The Labute approximate surface area is 140 Å². The van der Waals surface area contributed by atoms with E-state index in [0.29, 0.717) is 6.54 Å². The van der Waals surface area contributed by atoms with Gasteiger partial charge in [0.25, 0.3) is 0 Å². The standard InChI is InChI=1S/C19H19N5/c1-23-13-22-17-7-6-16(12-18(17)23)24-11-10-21-19(24)15-4-2-14(3-5-15)8-9-20/h2-7,10-13H,8-9,20H2,1H3. The van der Waals surface area contributed by atoms with Gasteiger partial charge in [-0.15, -0.1) is 0 Å². The van der Waals surface area contributed by atoms with E-state index in [1.54, 1.807) is 0 Å². The van der Waals surface area contributed by atoms with Crippen molar-refractivity contribution in [3.05, 3.63) is 66.7 Å². The van der Waals surface area contributed by atoms with Gasteiger partial charge in [0.1, 0.15) is 5.82 Å². The summed E-state index contributed by atoms with van der Waals surface area (Å²) in [5.41, 5.74) is 11.1. The summed E-state index contributed by atoms with van der Waals surface area (Å²) in [6.45, 7) is 0.665. The van der Waals surface area contributed by atoms with Crippen LogP contribution in [0.1, 0.15) is 5.56 Å². The molecule has 0 amide bonds. The summed E-state index contributed by atoms with van der Waals surface area (Å²) in [6, 6.07) is 14.7. The van der Waals surface area contributed by atoms with Crippen LogP contribution in [0.15, 0.2) is 61.2 Å². The van der Waals surface area contributed by atoms with E-state index in [1.165, 1.54) is 5.56 Å². The first-order chi connectivity index (χ1) is 11.8. The fourth-order valence-electron chi connectivity index (χ4n) is 2.98. The maximum atomic E-state index is 5.62. The molecule has 2 N–H and O–H groups in total. The molecule has 2 aromatic heterocycles. The van der Waals surface area contributed by atoms with E-state index in [-0.39, 0.29) is 0 Å². The smallest absolute Gasteiger partial charge is 0.144 e. The van der Waals surface area contributed by atoms with E-state index in [1.807, 2.05) is 36.4 Å². The number of benzene rings is 2. The highest BCUT2D eigenvalue weighted by Crippen LogP contribution is 2.24. The van der Waals surface area contributed by atoms with Crippen molar-refractivity contribution in [2.75, 3.05) is 6.54 Å². The molecule has 4 rings (SSSR count). The van der Waals surface area contributed by atoms with Gasteiger partial charge in [0.2, 0.25) is 0 Å².